The van der Waals surface area contributed by atoms with Gasteiger partial charge in [-0.05, 0) is 48.7 Å². The number of halogens is 2. The molecule has 0 N–H and O–H groups in total. The average Bonchev–Trinajstić information content (AvgIpc) is 2.62. The number of likely N-dealkylation sites (N-methyl/N-ethyl adjacent to an activating group) is 1. The van der Waals surface area contributed by atoms with E-state index < -0.39 is 6.61 Å². The van der Waals surface area contributed by atoms with Crippen LogP contribution in [0.3, 0.4) is 0 Å². The van der Waals surface area contributed by atoms with E-state index in [0.717, 1.165) is 16.7 Å². The van der Waals surface area contributed by atoms with Crippen molar-refractivity contribution >= 4 is 5.91 Å². The van der Waals surface area contributed by atoms with Gasteiger partial charge in [0.2, 0.25) is 0 Å². The Labute approximate surface area is 157 Å². The van der Waals surface area contributed by atoms with E-state index in [9.17, 15) is 13.6 Å². The molecular formula is C20H23F2NO4. The Morgan fingerprint density at radius 3 is 2.48 bits per heavy atom. The molecule has 0 unspecified atom stereocenters. The zero-order valence-electron chi connectivity index (χ0n) is 15.8. The summed E-state index contributed by atoms with van der Waals surface area (Å²) in [7, 11) is 3.01. The molecule has 2 aromatic carbocycles. The van der Waals surface area contributed by atoms with Gasteiger partial charge in [-0.25, -0.2) is 0 Å². The monoisotopic (exact) mass is 379 g/mol. The number of carbonyl (C=O) groups excluding carboxylic acids is 1. The van der Waals surface area contributed by atoms with E-state index in [0.29, 0.717) is 5.75 Å². The van der Waals surface area contributed by atoms with Crippen LogP contribution in [0.25, 0.3) is 0 Å². The van der Waals surface area contributed by atoms with Crippen molar-refractivity contribution in [3.63, 3.8) is 0 Å². The lowest BCUT2D eigenvalue weighted by atomic mass is 10.1. The Morgan fingerprint density at radius 2 is 1.81 bits per heavy atom. The molecular weight excluding hydrogens is 356 g/mol. The quantitative estimate of drug-likeness (QED) is 0.697. The predicted octanol–water partition coefficient (Wildman–Crippen LogP) is 3.95. The molecule has 0 spiro atoms. The van der Waals surface area contributed by atoms with Crippen LogP contribution in [0, 0.1) is 13.8 Å². The highest BCUT2D eigenvalue weighted by atomic mass is 19.3. The lowest BCUT2D eigenvalue weighted by Crippen LogP contribution is -2.31. The molecule has 0 radical (unpaired) electrons. The number of alkyl halides is 2. The number of hydrogen-bond donors (Lipinski definition) is 0. The maximum atomic E-state index is 12.4. The van der Waals surface area contributed by atoms with Crippen molar-refractivity contribution < 1.29 is 27.8 Å². The fraction of sp³-hybridized carbons (Fsp3) is 0.350. The lowest BCUT2D eigenvalue weighted by molar-refractivity contribution is -0.132. The second-order valence-corrected chi connectivity index (χ2v) is 6.17. The number of nitrogens with zero attached hydrogens (tertiary/aromatic N) is 1. The molecule has 7 heteroatoms. The third kappa shape index (κ3) is 5.84. The number of ether oxygens (including phenoxy) is 3. The van der Waals surface area contributed by atoms with Crippen LogP contribution in [0.5, 0.6) is 17.2 Å². The fourth-order valence-corrected chi connectivity index (χ4v) is 2.48. The van der Waals surface area contributed by atoms with Crippen molar-refractivity contribution in [2.45, 2.75) is 27.0 Å². The summed E-state index contributed by atoms with van der Waals surface area (Å²) in [5.41, 5.74) is 2.72. The lowest BCUT2D eigenvalue weighted by Gasteiger charge is -2.19. The minimum atomic E-state index is -2.93. The van der Waals surface area contributed by atoms with Gasteiger partial charge in [0.15, 0.2) is 18.1 Å². The first kappa shape index (κ1) is 20.5. The number of carbonyl (C=O) groups is 1. The predicted molar refractivity (Wildman–Crippen MR) is 97.5 cm³/mol. The maximum absolute atomic E-state index is 12.4. The van der Waals surface area contributed by atoms with Gasteiger partial charge in [0.05, 0.1) is 7.11 Å². The summed E-state index contributed by atoms with van der Waals surface area (Å²) in [4.78, 5) is 13.8. The zero-order chi connectivity index (χ0) is 20.0. The number of hydrogen-bond acceptors (Lipinski definition) is 4. The number of rotatable bonds is 8. The van der Waals surface area contributed by atoms with Crippen LogP contribution in [0.2, 0.25) is 0 Å². The summed E-state index contributed by atoms with van der Waals surface area (Å²) in [5, 5.41) is 0. The van der Waals surface area contributed by atoms with Gasteiger partial charge in [0.1, 0.15) is 5.75 Å². The smallest absolute Gasteiger partial charge is 0.387 e. The van der Waals surface area contributed by atoms with Crippen LogP contribution in [-0.2, 0) is 11.3 Å². The van der Waals surface area contributed by atoms with Crippen molar-refractivity contribution in [1.29, 1.82) is 0 Å². The Hall–Kier alpha value is -2.83. The zero-order valence-corrected chi connectivity index (χ0v) is 15.8. The number of benzene rings is 2. The SMILES string of the molecule is COc1cc(CN(C)C(=O)COc2cc(C)ccc2C)ccc1OC(F)F. The Bertz CT molecular complexity index is 796. The summed E-state index contributed by atoms with van der Waals surface area (Å²) in [5.74, 6) is 0.596. The highest BCUT2D eigenvalue weighted by Crippen LogP contribution is 2.29. The van der Waals surface area contributed by atoms with Gasteiger partial charge in [0, 0.05) is 13.6 Å². The number of methoxy groups -OCH3 is 1. The van der Waals surface area contributed by atoms with Crippen LogP contribution in [0.1, 0.15) is 16.7 Å². The van der Waals surface area contributed by atoms with Crippen LogP contribution in [0.15, 0.2) is 36.4 Å². The molecule has 0 saturated carbocycles. The molecule has 0 aromatic heterocycles. The van der Waals surface area contributed by atoms with Crippen molar-refractivity contribution in [3.8, 4) is 17.2 Å². The van der Waals surface area contributed by atoms with Crippen molar-refractivity contribution in [2.75, 3.05) is 20.8 Å². The summed E-state index contributed by atoms with van der Waals surface area (Å²) in [6, 6.07) is 10.4. The van der Waals surface area contributed by atoms with Gasteiger partial charge >= 0.3 is 6.61 Å². The van der Waals surface area contributed by atoms with Crippen molar-refractivity contribution in [1.82, 2.24) is 4.90 Å². The van der Waals surface area contributed by atoms with Gasteiger partial charge in [0.25, 0.3) is 5.91 Å². The molecule has 0 atom stereocenters. The fourth-order valence-electron chi connectivity index (χ4n) is 2.48. The van der Waals surface area contributed by atoms with E-state index in [1.54, 1.807) is 19.2 Å². The Kier molecular flexibility index (Phi) is 6.98. The van der Waals surface area contributed by atoms with Crippen LogP contribution < -0.4 is 14.2 Å². The third-order valence-corrected chi connectivity index (χ3v) is 3.98. The second kappa shape index (κ2) is 9.21. The summed E-state index contributed by atoms with van der Waals surface area (Å²) in [6.07, 6.45) is 0. The van der Waals surface area contributed by atoms with E-state index in [2.05, 4.69) is 4.74 Å². The van der Waals surface area contributed by atoms with Gasteiger partial charge < -0.3 is 19.1 Å². The highest BCUT2D eigenvalue weighted by Gasteiger charge is 2.14. The summed E-state index contributed by atoms with van der Waals surface area (Å²) in [6.45, 7) is 1.12. The van der Waals surface area contributed by atoms with E-state index in [4.69, 9.17) is 9.47 Å². The molecule has 1 amide bonds. The molecule has 2 aromatic rings. The van der Waals surface area contributed by atoms with Crippen LogP contribution >= 0.6 is 0 Å². The van der Waals surface area contributed by atoms with Crippen LogP contribution in [0.4, 0.5) is 8.78 Å². The molecule has 0 aliphatic heterocycles. The van der Waals surface area contributed by atoms with E-state index >= 15 is 0 Å². The van der Waals surface area contributed by atoms with Gasteiger partial charge in [-0.1, -0.05) is 18.2 Å². The molecule has 0 aliphatic carbocycles. The molecule has 27 heavy (non-hydrogen) atoms. The molecule has 0 bridgehead atoms. The van der Waals surface area contributed by atoms with E-state index in [1.807, 2.05) is 32.0 Å². The minimum absolute atomic E-state index is 0.0523. The molecule has 2 rings (SSSR count). The Balaban J connectivity index is 1.98. The van der Waals surface area contributed by atoms with Gasteiger partial charge in [-0.3, -0.25) is 4.79 Å². The first-order valence-corrected chi connectivity index (χ1v) is 8.36. The molecule has 0 aliphatic rings. The topological polar surface area (TPSA) is 48.0 Å². The molecule has 5 nitrogen and oxygen atoms in total. The second-order valence-electron chi connectivity index (χ2n) is 6.17. The summed E-state index contributed by atoms with van der Waals surface area (Å²) < 4.78 is 39.9. The number of amides is 1. The van der Waals surface area contributed by atoms with Crippen LogP contribution in [-0.4, -0.2) is 38.2 Å². The molecule has 0 fully saturated rings. The first-order chi connectivity index (χ1) is 12.8. The Morgan fingerprint density at radius 1 is 1.07 bits per heavy atom. The molecule has 146 valence electrons. The normalized spacial score (nSPS) is 10.6. The molecule has 0 heterocycles. The summed E-state index contributed by atoms with van der Waals surface area (Å²) >= 11 is 0. The van der Waals surface area contributed by atoms with E-state index in [-0.39, 0.29) is 30.6 Å². The maximum Gasteiger partial charge on any atom is 0.387 e. The van der Waals surface area contributed by atoms with Gasteiger partial charge in [-0.15, -0.1) is 0 Å². The van der Waals surface area contributed by atoms with Crippen molar-refractivity contribution in [2.24, 2.45) is 0 Å². The average molecular weight is 379 g/mol. The first-order valence-electron chi connectivity index (χ1n) is 8.36. The third-order valence-electron chi connectivity index (χ3n) is 3.98. The van der Waals surface area contributed by atoms with Gasteiger partial charge in [-0.2, -0.15) is 8.78 Å². The standard InChI is InChI=1S/C20H23F2NO4/c1-13-5-6-14(2)17(9-13)26-12-19(24)23(3)11-15-7-8-16(27-20(21)22)18(10-15)25-4/h5-10,20H,11-12H2,1-4H3. The minimum Gasteiger partial charge on any atom is -0.493 e. The van der Waals surface area contributed by atoms with E-state index in [1.165, 1.54) is 18.1 Å². The largest absolute Gasteiger partial charge is 0.493 e. The van der Waals surface area contributed by atoms with Crippen molar-refractivity contribution in [3.05, 3.63) is 53.1 Å². The highest BCUT2D eigenvalue weighted by molar-refractivity contribution is 5.77. The number of aryl methyl sites for hydroxylation is 2. The molecule has 0 saturated heterocycles.